The highest BCUT2D eigenvalue weighted by Gasteiger charge is 2.41. The minimum atomic E-state index is -4.61. The van der Waals surface area contributed by atoms with Crippen LogP contribution in [0.5, 0.6) is 0 Å². The van der Waals surface area contributed by atoms with E-state index in [1.165, 1.54) is 0 Å². The molecule has 2 aliphatic rings. The first-order valence-corrected chi connectivity index (χ1v) is 12.5. The van der Waals surface area contributed by atoms with Crippen LogP contribution in [-0.4, -0.2) is 37.4 Å². The van der Waals surface area contributed by atoms with Crippen molar-refractivity contribution in [3.05, 3.63) is 59.7 Å². The van der Waals surface area contributed by atoms with Crippen LogP contribution in [0, 0.1) is 11.8 Å². The lowest BCUT2D eigenvalue weighted by molar-refractivity contribution is -0.121. The molecular weight excluding hydrogens is 469 g/mol. The molecule has 1 saturated carbocycles. The number of hydrogen-bond donors (Lipinski definition) is 2. The first-order chi connectivity index (χ1) is 16.2. The summed E-state index contributed by atoms with van der Waals surface area (Å²) in [6.07, 6.45) is -1.72. The van der Waals surface area contributed by atoms with Gasteiger partial charge < -0.3 is 4.42 Å². The normalized spacial score (nSPS) is 22.4. The molecule has 5 rings (SSSR count). The molecule has 3 atom stereocenters. The van der Waals surface area contributed by atoms with Gasteiger partial charge in [-0.05, 0) is 72.9 Å². The molecule has 11 heteroatoms. The lowest BCUT2D eigenvalue weighted by atomic mass is 9.92. The number of nitrogens with zero attached hydrogens (tertiary/aromatic N) is 2. The molecule has 2 aliphatic carbocycles. The van der Waals surface area contributed by atoms with Crippen molar-refractivity contribution in [1.82, 2.24) is 19.6 Å². The van der Waals surface area contributed by atoms with Crippen LogP contribution in [-0.2, 0) is 23.1 Å². The average Bonchev–Trinajstić information content (AvgIpc) is 3.38. The van der Waals surface area contributed by atoms with Crippen molar-refractivity contribution < 1.29 is 26.0 Å². The maximum absolute atomic E-state index is 12.5. The van der Waals surface area contributed by atoms with E-state index in [1.54, 1.807) is 4.72 Å². The van der Waals surface area contributed by atoms with Crippen LogP contribution < -0.4 is 9.44 Å². The van der Waals surface area contributed by atoms with E-state index in [2.05, 4.69) is 14.9 Å². The summed E-state index contributed by atoms with van der Waals surface area (Å²) >= 11 is 0. The Kier molecular flexibility index (Phi) is 5.95. The Balaban J connectivity index is 1.34. The predicted molar refractivity (Wildman–Crippen MR) is 119 cm³/mol. The molecule has 34 heavy (non-hydrogen) atoms. The third-order valence-corrected chi connectivity index (χ3v) is 7.65. The average molecular weight is 493 g/mol. The van der Waals surface area contributed by atoms with E-state index >= 15 is 0 Å². The molecular formula is C23H23F3N4O3S. The summed E-state index contributed by atoms with van der Waals surface area (Å²) in [6, 6.07) is 14.9. The van der Waals surface area contributed by atoms with Gasteiger partial charge in [0.2, 0.25) is 11.8 Å². The molecule has 0 saturated heterocycles. The van der Waals surface area contributed by atoms with Gasteiger partial charge in [0, 0.05) is 17.2 Å². The summed E-state index contributed by atoms with van der Waals surface area (Å²) in [6.45, 7) is -1.59. The largest absolute Gasteiger partial charge is 0.416 e. The molecule has 0 spiro atoms. The van der Waals surface area contributed by atoms with E-state index < -0.39 is 29.0 Å². The fourth-order valence-electron chi connectivity index (χ4n) is 4.97. The number of alkyl halides is 3. The van der Waals surface area contributed by atoms with Crippen molar-refractivity contribution in [2.24, 2.45) is 11.8 Å². The second-order valence-corrected chi connectivity index (χ2v) is 10.4. The van der Waals surface area contributed by atoms with Gasteiger partial charge in [0.05, 0.1) is 0 Å². The standard InChI is InChI=1S/C23H23F3N4O3S/c24-23(25,26)13-27-34(31,32)30-20-16-7-8-17(20)11-19-12-18(9-6-15(19)10-16)22-29-28-21(33-22)14-4-2-1-3-5-14/h1-6,9,12,16-17,20,27,30H,7-8,10-11,13H2/t16-,17+,20-/m1/s1. The van der Waals surface area contributed by atoms with Crippen LogP contribution >= 0.6 is 0 Å². The van der Waals surface area contributed by atoms with E-state index in [9.17, 15) is 21.6 Å². The van der Waals surface area contributed by atoms with Gasteiger partial charge in [0.25, 0.3) is 10.2 Å². The molecule has 180 valence electrons. The lowest BCUT2D eigenvalue weighted by Gasteiger charge is -2.23. The highest BCUT2D eigenvalue weighted by molar-refractivity contribution is 7.87. The van der Waals surface area contributed by atoms with E-state index in [1.807, 2.05) is 48.5 Å². The molecule has 2 N–H and O–H groups in total. The Bertz CT molecular complexity index is 1280. The zero-order valence-corrected chi connectivity index (χ0v) is 18.9. The van der Waals surface area contributed by atoms with Crippen molar-refractivity contribution in [2.45, 2.75) is 37.9 Å². The fraction of sp³-hybridized carbons (Fsp3) is 0.391. The molecule has 7 nitrogen and oxygen atoms in total. The van der Waals surface area contributed by atoms with E-state index in [0.29, 0.717) is 24.6 Å². The molecule has 1 aromatic heterocycles. The maximum Gasteiger partial charge on any atom is 0.402 e. The number of fused-ring (bicyclic) bond motifs is 3. The van der Waals surface area contributed by atoms with Crippen LogP contribution in [0.4, 0.5) is 13.2 Å². The number of aromatic nitrogens is 2. The first-order valence-electron chi connectivity index (χ1n) is 11.0. The molecule has 2 aromatic carbocycles. The molecule has 0 unspecified atom stereocenters. The van der Waals surface area contributed by atoms with Gasteiger partial charge >= 0.3 is 6.18 Å². The van der Waals surface area contributed by atoms with Gasteiger partial charge in [0.1, 0.15) is 6.54 Å². The zero-order valence-electron chi connectivity index (χ0n) is 18.0. The van der Waals surface area contributed by atoms with Gasteiger partial charge in [-0.3, -0.25) is 0 Å². The van der Waals surface area contributed by atoms with E-state index in [4.69, 9.17) is 4.42 Å². The summed E-state index contributed by atoms with van der Waals surface area (Å²) in [4.78, 5) is 0. The number of rotatable bonds is 6. The molecule has 0 aliphatic heterocycles. The summed E-state index contributed by atoms with van der Waals surface area (Å²) < 4.78 is 71.9. The van der Waals surface area contributed by atoms with Crippen LogP contribution in [0.1, 0.15) is 24.0 Å². The van der Waals surface area contributed by atoms with Gasteiger partial charge in [-0.15, -0.1) is 10.2 Å². The molecule has 1 fully saturated rings. The van der Waals surface area contributed by atoms with Crippen LogP contribution in [0.2, 0.25) is 0 Å². The van der Waals surface area contributed by atoms with Gasteiger partial charge in [-0.25, -0.2) is 0 Å². The van der Waals surface area contributed by atoms with Crippen LogP contribution in [0.25, 0.3) is 22.9 Å². The van der Waals surface area contributed by atoms with Crippen molar-refractivity contribution >= 4 is 10.2 Å². The Morgan fingerprint density at radius 2 is 1.56 bits per heavy atom. The fourth-order valence-corrected chi connectivity index (χ4v) is 6.15. The third-order valence-electron chi connectivity index (χ3n) is 6.54. The maximum atomic E-state index is 12.5. The highest BCUT2D eigenvalue weighted by Crippen LogP contribution is 2.41. The summed E-state index contributed by atoms with van der Waals surface area (Å²) in [7, 11) is -4.27. The van der Waals surface area contributed by atoms with E-state index in [0.717, 1.165) is 35.1 Å². The number of benzene rings is 2. The van der Waals surface area contributed by atoms with Crippen molar-refractivity contribution in [3.63, 3.8) is 0 Å². The molecule has 0 radical (unpaired) electrons. The Morgan fingerprint density at radius 3 is 2.24 bits per heavy atom. The first kappa shape index (κ1) is 23.0. The summed E-state index contributed by atoms with van der Waals surface area (Å²) in [5, 5.41) is 8.32. The Morgan fingerprint density at radius 1 is 0.912 bits per heavy atom. The lowest BCUT2D eigenvalue weighted by Crippen LogP contribution is -2.49. The topological polar surface area (TPSA) is 97.1 Å². The third kappa shape index (κ3) is 5.01. The Labute approximate surface area is 195 Å². The number of halogens is 3. The van der Waals surface area contributed by atoms with Crippen molar-refractivity contribution in [3.8, 4) is 22.9 Å². The zero-order chi connectivity index (χ0) is 23.9. The second-order valence-electron chi connectivity index (χ2n) is 8.85. The Hall–Kier alpha value is -2.76. The van der Waals surface area contributed by atoms with Crippen LogP contribution in [0.3, 0.4) is 0 Å². The van der Waals surface area contributed by atoms with Crippen molar-refractivity contribution in [1.29, 1.82) is 0 Å². The minimum absolute atomic E-state index is 0.00785. The molecule has 3 aromatic rings. The van der Waals surface area contributed by atoms with Gasteiger partial charge in [-0.2, -0.15) is 31.0 Å². The monoisotopic (exact) mass is 492 g/mol. The van der Waals surface area contributed by atoms with Crippen molar-refractivity contribution in [2.75, 3.05) is 6.54 Å². The summed E-state index contributed by atoms with van der Waals surface area (Å²) in [5.74, 6) is 0.828. The number of hydrogen-bond acceptors (Lipinski definition) is 5. The smallest absolute Gasteiger partial charge is 0.402 e. The summed E-state index contributed by atoms with van der Waals surface area (Å²) in [5.41, 5.74) is 3.76. The van der Waals surface area contributed by atoms with Crippen LogP contribution in [0.15, 0.2) is 52.9 Å². The van der Waals surface area contributed by atoms with Gasteiger partial charge in [0.15, 0.2) is 0 Å². The predicted octanol–water partition coefficient (Wildman–Crippen LogP) is 3.88. The molecule has 2 bridgehead atoms. The minimum Gasteiger partial charge on any atom is -0.416 e. The quantitative estimate of drug-likeness (QED) is 0.544. The number of nitrogens with one attached hydrogen (secondary N) is 2. The SMILES string of the molecule is O=S(=O)(NCC(F)(F)F)N[C@@H]1[C@@H]2CC[C@H]1Cc1cc(-c3nnc(-c4ccccc4)o3)ccc1C2. The highest BCUT2D eigenvalue weighted by atomic mass is 32.2. The second kappa shape index (κ2) is 8.79. The molecule has 0 amide bonds. The van der Waals surface area contributed by atoms with Gasteiger partial charge in [-0.1, -0.05) is 24.3 Å². The molecule has 1 heterocycles. The van der Waals surface area contributed by atoms with E-state index in [-0.39, 0.29) is 11.8 Å².